The molecule has 1 amide bonds. The van der Waals surface area contributed by atoms with E-state index in [0.717, 1.165) is 41.4 Å². The van der Waals surface area contributed by atoms with Gasteiger partial charge in [-0.1, -0.05) is 18.2 Å². The highest BCUT2D eigenvalue weighted by atomic mass is 19.1. The zero-order chi connectivity index (χ0) is 20.5. The summed E-state index contributed by atoms with van der Waals surface area (Å²) in [4.78, 5) is 14.4. The van der Waals surface area contributed by atoms with Crippen LogP contribution >= 0.6 is 0 Å². The van der Waals surface area contributed by atoms with Crippen LogP contribution in [-0.4, -0.2) is 43.9 Å². The number of H-pyrrole nitrogens is 1. The second-order valence-electron chi connectivity index (χ2n) is 7.80. The largest absolute Gasteiger partial charge is 0.339 e. The van der Waals surface area contributed by atoms with E-state index < -0.39 is 5.82 Å². The number of fused-ring (bicyclic) bond motifs is 1. The summed E-state index contributed by atoms with van der Waals surface area (Å²) in [7, 11) is 0. The first-order valence-corrected chi connectivity index (χ1v) is 10.2. The molecule has 30 heavy (non-hydrogen) atoms. The summed E-state index contributed by atoms with van der Waals surface area (Å²) in [5.74, 6) is -0.239. The lowest BCUT2D eigenvalue weighted by molar-refractivity contribution is 0.0677. The maximum absolute atomic E-state index is 13.9. The highest BCUT2D eigenvalue weighted by molar-refractivity contribution is 5.94. The molecule has 4 aromatic rings. The predicted molar refractivity (Wildman–Crippen MR) is 112 cm³/mol. The van der Waals surface area contributed by atoms with Gasteiger partial charge in [0, 0.05) is 36.8 Å². The van der Waals surface area contributed by atoms with Gasteiger partial charge in [-0.05, 0) is 48.6 Å². The van der Waals surface area contributed by atoms with Gasteiger partial charge in [0.1, 0.15) is 5.82 Å². The van der Waals surface area contributed by atoms with E-state index in [9.17, 15) is 9.18 Å². The van der Waals surface area contributed by atoms with E-state index in [1.807, 2.05) is 23.3 Å². The number of piperidine rings is 1. The third kappa shape index (κ3) is 3.47. The minimum atomic E-state index is -0.456. The van der Waals surface area contributed by atoms with Crippen LogP contribution in [0.2, 0.25) is 0 Å². The summed E-state index contributed by atoms with van der Waals surface area (Å²) >= 11 is 0. The van der Waals surface area contributed by atoms with Gasteiger partial charge in [0.05, 0.1) is 23.5 Å². The van der Waals surface area contributed by atoms with Crippen LogP contribution in [0.3, 0.4) is 0 Å². The van der Waals surface area contributed by atoms with Gasteiger partial charge in [-0.3, -0.25) is 14.6 Å². The first-order valence-electron chi connectivity index (χ1n) is 10.2. The van der Waals surface area contributed by atoms with Crippen LogP contribution < -0.4 is 0 Å². The van der Waals surface area contributed by atoms with E-state index in [2.05, 4.69) is 33.5 Å². The number of likely N-dealkylation sites (tertiary alicyclic amines) is 1. The Morgan fingerprint density at radius 1 is 1.10 bits per heavy atom. The molecule has 1 N–H and O–H groups in total. The number of nitrogens with zero attached hydrogens (tertiary/aromatic N) is 4. The van der Waals surface area contributed by atoms with E-state index in [4.69, 9.17) is 0 Å². The van der Waals surface area contributed by atoms with Crippen molar-refractivity contribution < 1.29 is 9.18 Å². The van der Waals surface area contributed by atoms with Crippen LogP contribution in [0.15, 0.2) is 61.1 Å². The Morgan fingerprint density at radius 3 is 2.70 bits per heavy atom. The van der Waals surface area contributed by atoms with Gasteiger partial charge in [0.2, 0.25) is 0 Å². The fourth-order valence-corrected chi connectivity index (χ4v) is 4.19. The Bertz CT molecular complexity index is 1180. The number of benzene rings is 2. The predicted octanol–water partition coefficient (Wildman–Crippen LogP) is 4.12. The number of hydrogen-bond acceptors (Lipinski definition) is 3. The second-order valence-corrected chi connectivity index (χ2v) is 7.80. The lowest BCUT2D eigenvalue weighted by Crippen LogP contribution is -2.39. The minimum Gasteiger partial charge on any atom is -0.339 e. The van der Waals surface area contributed by atoms with Crippen molar-refractivity contribution in [2.75, 3.05) is 13.1 Å². The fraction of sp³-hybridized carbons (Fsp3) is 0.261. The fourth-order valence-electron chi connectivity index (χ4n) is 4.19. The molecule has 3 heterocycles. The lowest BCUT2D eigenvalue weighted by atomic mass is 9.96. The molecule has 1 aliphatic heterocycles. The number of nitrogens with one attached hydrogen (secondary N) is 1. The average Bonchev–Trinajstić information content (AvgIpc) is 3.44. The van der Waals surface area contributed by atoms with Gasteiger partial charge in [0.15, 0.2) is 0 Å². The molecule has 2 aromatic heterocycles. The molecule has 1 saturated heterocycles. The molecule has 7 heteroatoms. The number of hydrogen-bond donors (Lipinski definition) is 1. The van der Waals surface area contributed by atoms with E-state index in [-0.39, 0.29) is 11.5 Å². The number of rotatable bonds is 4. The summed E-state index contributed by atoms with van der Waals surface area (Å²) in [5.41, 5.74) is 3.42. The van der Waals surface area contributed by atoms with Crippen molar-refractivity contribution in [2.24, 2.45) is 5.92 Å². The van der Waals surface area contributed by atoms with Gasteiger partial charge in [-0.25, -0.2) is 4.39 Å². The van der Waals surface area contributed by atoms with Crippen LogP contribution in [0.4, 0.5) is 4.39 Å². The molecule has 0 unspecified atom stereocenters. The maximum Gasteiger partial charge on any atom is 0.256 e. The standard InChI is InChI=1S/C23H22FN5O/c24-21-4-2-1-3-20(21)23(30)28-9-7-16(8-10-28)15-29-22-6-5-17(11-18(22)14-27-29)19-12-25-26-13-19/h1-6,11-14,16H,7-10,15H2,(H,25,26). The van der Waals surface area contributed by atoms with E-state index >= 15 is 0 Å². The molecule has 0 saturated carbocycles. The van der Waals surface area contributed by atoms with Crippen molar-refractivity contribution >= 4 is 16.8 Å². The lowest BCUT2D eigenvalue weighted by Gasteiger charge is -2.32. The van der Waals surface area contributed by atoms with Gasteiger partial charge in [0.25, 0.3) is 5.91 Å². The number of amides is 1. The summed E-state index contributed by atoms with van der Waals surface area (Å²) in [6.07, 6.45) is 7.35. The van der Waals surface area contributed by atoms with Gasteiger partial charge in [-0.15, -0.1) is 0 Å². The zero-order valence-corrected chi connectivity index (χ0v) is 16.5. The van der Waals surface area contributed by atoms with Crippen molar-refractivity contribution in [2.45, 2.75) is 19.4 Å². The van der Waals surface area contributed by atoms with Gasteiger partial charge < -0.3 is 4.90 Å². The summed E-state index contributed by atoms with van der Waals surface area (Å²) in [6.45, 7) is 2.10. The maximum atomic E-state index is 13.9. The highest BCUT2D eigenvalue weighted by Gasteiger charge is 2.25. The molecule has 1 aliphatic rings. The SMILES string of the molecule is O=C(c1ccccc1F)N1CCC(Cn2ncc3cc(-c4cn[nH]c4)ccc32)CC1. The Hall–Kier alpha value is -3.48. The summed E-state index contributed by atoms with van der Waals surface area (Å²) in [6, 6.07) is 12.5. The van der Waals surface area contributed by atoms with Crippen molar-refractivity contribution in [3.63, 3.8) is 0 Å². The molecule has 0 aliphatic carbocycles. The Morgan fingerprint density at radius 2 is 1.93 bits per heavy atom. The van der Waals surface area contributed by atoms with Crippen LogP contribution in [-0.2, 0) is 6.54 Å². The highest BCUT2D eigenvalue weighted by Crippen LogP contribution is 2.26. The summed E-state index contributed by atoms with van der Waals surface area (Å²) in [5, 5.41) is 12.5. The van der Waals surface area contributed by atoms with Crippen molar-refractivity contribution in [3.8, 4) is 11.1 Å². The minimum absolute atomic E-state index is 0.155. The second kappa shape index (κ2) is 7.74. The normalized spacial score (nSPS) is 15.0. The van der Waals surface area contributed by atoms with Crippen LogP contribution in [0, 0.1) is 11.7 Å². The van der Waals surface area contributed by atoms with Crippen molar-refractivity contribution in [1.82, 2.24) is 24.9 Å². The van der Waals surface area contributed by atoms with E-state index in [1.54, 1.807) is 23.1 Å². The summed E-state index contributed by atoms with van der Waals surface area (Å²) < 4.78 is 16.0. The number of aromatic nitrogens is 4. The molecule has 0 atom stereocenters. The van der Waals surface area contributed by atoms with Crippen molar-refractivity contribution in [3.05, 3.63) is 72.4 Å². The van der Waals surface area contributed by atoms with Crippen LogP contribution in [0.5, 0.6) is 0 Å². The number of carbonyl (C=O) groups is 1. The number of carbonyl (C=O) groups excluding carboxylic acids is 1. The number of aromatic amines is 1. The molecule has 0 bridgehead atoms. The molecule has 0 spiro atoms. The molecule has 2 aromatic carbocycles. The monoisotopic (exact) mass is 403 g/mol. The average molecular weight is 403 g/mol. The Balaban J connectivity index is 1.25. The van der Waals surface area contributed by atoms with E-state index in [1.165, 1.54) is 6.07 Å². The molecule has 6 nitrogen and oxygen atoms in total. The molecular formula is C23H22FN5O. The Labute approximate surface area is 173 Å². The Kier molecular flexibility index (Phi) is 4.78. The van der Waals surface area contributed by atoms with Crippen LogP contribution in [0.25, 0.3) is 22.0 Å². The molecule has 0 radical (unpaired) electrons. The molecule has 5 rings (SSSR count). The first-order chi connectivity index (χ1) is 14.7. The first kappa shape index (κ1) is 18.5. The molecular weight excluding hydrogens is 381 g/mol. The topological polar surface area (TPSA) is 66.8 Å². The smallest absolute Gasteiger partial charge is 0.256 e. The third-order valence-corrected chi connectivity index (χ3v) is 5.91. The number of halogens is 1. The zero-order valence-electron chi connectivity index (χ0n) is 16.5. The van der Waals surface area contributed by atoms with Crippen molar-refractivity contribution in [1.29, 1.82) is 0 Å². The molecule has 1 fully saturated rings. The molecule has 152 valence electrons. The van der Waals surface area contributed by atoms with Gasteiger partial charge >= 0.3 is 0 Å². The van der Waals surface area contributed by atoms with E-state index in [0.29, 0.717) is 19.0 Å². The van der Waals surface area contributed by atoms with Crippen LogP contribution in [0.1, 0.15) is 23.2 Å². The quantitative estimate of drug-likeness (QED) is 0.557. The van der Waals surface area contributed by atoms with Gasteiger partial charge in [-0.2, -0.15) is 10.2 Å². The third-order valence-electron chi connectivity index (χ3n) is 5.91.